The van der Waals surface area contributed by atoms with Crippen molar-refractivity contribution >= 4 is 46.4 Å². The first-order valence-corrected chi connectivity index (χ1v) is 16.8. The quantitative estimate of drug-likeness (QED) is 0.280. The molecule has 0 heterocycles. The molecule has 5 atom stereocenters. The number of halogens is 4. The van der Waals surface area contributed by atoms with Crippen molar-refractivity contribution in [2.75, 3.05) is 0 Å². The van der Waals surface area contributed by atoms with Crippen molar-refractivity contribution in [3.8, 4) is 11.5 Å². The Morgan fingerprint density at radius 2 is 1.26 bits per heavy atom. The lowest BCUT2D eigenvalue weighted by Crippen LogP contribution is -2.42. The van der Waals surface area contributed by atoms with E-state index >= 15 is 0 Å². The lowest BCUT2D eigenvalue weighted by molar-refractivity contribution is 0.0733. The number of aryl methyl sites for hydroxylation is 2. The van der Waals surface area contributed by atoms with Gasteiger partial charge in [-0.15, -0.1) is 0 Å². The number of phenols is 2. The van der Waals surface area contributed by atoms with E-state index in [-0.39, 0.29) is 10.8 Å². The molecule has 0 saturated heterocycles. The minimum Gasteiger partial charge on any atom is -0.508 e. The molecule has 0 amide bonds. The average molecular weight is 647 g/mol. The number of aromatic hydroxyl groups is 2. The molecule has 0 bridgehead atoms. The van der Waals surface area contributed by atoms with Gasteiger partial charge in [-0.1, -0.05) is 84.5 Å². The molecule has 2 aromatic carbocycles. The van der Waals surface area contributed by atoms with Crippen molar-refractivity contribution in [2.24, 2.45) is 16.2 Å². The van der Waals surface area contributed by atoms with Gasteiger partial charge in [0.1, 0.15) is 11.5 Å². The van der Waals surface area contributed by atoms with Crippen molar-refractivity contribution in [3.05, 3.63) is 90.9 Å². The second-order valence-corrected chi connectivity index (χ2v) is 15.7. The maximum Gasteiger partial charge on any atom is 0.115 e. The van der Waals surface area contributed by atoms with Gasteiger partial charge in [0.05, 0.1) is 10.1 Å². The lowest BCUT2D eigenvalue weighted by atomic mass is 9.52. The summed E-state index contributed by atoms with van der Waals surface area (Å²) in [6.07, 6.45) is 11.7. The maximum atomic E-state index is 9.85. The van der Waals surface area contributed by atoms with Gasteiger partial charge >= 0.3 is 0 Å². The molecule has 224 valence electrons. The van der Waals surface area contributed by atoms with Gasteiger partial charge in [0.2, 0.25) is 0 Å². The van der Waals surface area contributed by atoms with Crippen LogP contribution in [0.2, 0.25) is 0 Å². The molecule has 6 heteroatoms. The first-order chi connectivity index (χ1) is 19.8. The molecule has 0 aromatic heterocycles. The van der Waals surface area contributed by atoms with E-state index in [0.29, 0.717) is 55.3 Å². The van der Waals surface area contributed by atoms with Crippen molar-refractivity contribution in [1.29, 1.82) is 0 Å². The first kappa shape index (κ1) is 30.4. The summed E-state index contributed by atoms with van der Waals surface area (Å²) in [5, 5.41) is 21.5. The van der Waals surface area contributed by atoms with E-state index in [2.05, 4.69) is 32.6 Å². The molecule has 0 unspecified atom stereocenters. The van der Waals surface area contributed by atoms with E-state index in [4.69, 9.17) is 46.4 Å². The van der Waals surface area contributed by atoms with E-state index in [0.717, 1.165) is 44.9 Å². The predicted molar refractivity (Wildman–Crippen MR) is 176 cm³/mol. The van der Waals surface area contributed by atoms with Crippen LogP contribution in [0.15, 0.2) is 68.7 Å². The normalized spacial score (nSPS) is 33.7. The molecule has 5 aliphatic rings. The van der Waals surface area contributed by atoms with E-state index in [1.807, 2.05) is 18.2 Å². The number of benzene rings is 2. The number of fused-ring (bicyclic) bond motifs is 6. The molecular weight excluding hydrogens is 606 g/mol. The van der Waals surface area contributed by atoms with Crippen LogP contribution in [0, 0.1) is 16.2 Å². The van der Waals surface area contributed by atoms with Crippen LogP contribution in [0.5, 0.6) is 11.5 Å². The summed E-state index contributed by atoms with van der Waals surface area (Å²) >= 11 is 25.8. The minimum atomic E-state index is -0.231. The van der Waals surface area contributed by atoms with Crippen LogP contribution in [-0.2, 0) is 12.8 Å². The molecule has 2 saturated carbocycles. The third kappa shape index (κ3) is 5.23. The zero-order valence-electron chi connectivity index (χ0n) is 24.5. The summed E-state index contributed by atoms with van der Waals surface area (Å²) in [5.41, 5.74) is 7.25. The summed E-state index contributed by atoms with van der Waals surface area (Å²) in [6.45, 7) is 8.99. The molecular formula is C36H40Cl4O2. The number of hydrogen-bond acceptors (Lipinski definition) is 2. The molecule has 0 radical (unpaired) electrons. The maximum absolute atomic E-state index is 9.85. The number of rotatable bonds is 0. The monoisotopic (exact) mass is 644 g/mol. The highest BCUT2D eigenvalue weighted by Crippen LogP contribution is 2.65. The highest BCUT2D eigenvalue weighted by Gasteiger charge is 2.52. The fourth-order valence-electron chi connectivity index (χ4n) is 8.68. The molecule has 2 nitrogen and oxygen atoms in total. The SMILES string of the molecule is C=C1CC[C@]2(C)CCc3cc(O)ccc3[C@H]2C1.C[C@@]12CCc3cc(O)ccc3[C@H]1C[C@]1(CC2)CC(Cl)=C(Cl)C(Cl)=C1Cl. The molecule has 7 rings (SSSR count). The topological polar surface area (TPSA) is 40.5 Å². The molecule has 5 aliphatic carbocycles. The van der Waals surface area contributed by atoms with Crippen LogP contribution in [-0.4, -0.2) is 10.2 Å². The number of allylic oxidation sites excluding steroid dienone is 5. The Kier molecular flexibility index (Phi) is 8.04. The standard InChI is InChI=1S/C20H20Cl4O.C16H20O/c1-19-5-4-11-8-12(25)2-3-13(11)14(19)9-20(7-6-19)10-15(21)16(22)17(23)18(20)24;1-11-5-7-16(2)8-6-12-10-13(17)3-4-14(12)15(16)9-11/h2-3,8,14,25H,4-7,9-10H2,1H3;3-4,10,15,17H,1,5-9H2,2H3/t14-,19+,20-;15-,16-/m11/s1. The van der Waals surface area contributed by atoms with Crippen molar-refractivity contribution in [3.63, 3.8) is 0 Å². The Bertz CT molecular complexity index is 1510. The first-order valence-electron chi connectivity index (χ1n) is 15.2. The van der Waals surface area contributed by atoms with Gasteiger partial charge in [-0.2, -0.15) is 0 Å². The zero-order chi connectivity index (χ0) is 30.0. The van der Waals surface area contributed by atoms with Gasteiger partial charge in [-0.3, -0.25) is 0 Å². The summed E-state index contributed by atoms with van der Waals surface area (Å²) in [7, 11) is 0. The van der Waals surface area contributed by atoms with Crippen molar-refractivity contribution in [2.45, 2.75) is 96.3 Å². The molecule has 2 N–H and O–H groups in total. The van der Waals surface area contributed by atoms with Crippen LogP contribution in [0.4, 0.5) is 0 Å². The summed E-state index contributed by atoms with van der Waals surface area (Å²) in [6, 6.07) is 11.7. The van der Waals surface area contributed by atoms with Crippen LogP contribution in [0.25, 0.3) is 0 Å². The zero-order valence-corrected chi connectivity index (χ0v) is 27.5. The fourth-order valence-corrected chi connectivity index (χ4v) is 9.94. The van der Waals surface area contributed by atoms with Gasteiger partial charge in [-0.25, -0.2) is 0 Å². The van der Waals surface area contributed by atoms with Crippen LogP contribution >= 0.6 is 46.4 Å². The summed E-state index contributed by atoms with van der Waals surface area (Å²) < 4.78 is 0. The van der Waals surface area contributed by atoms with Crippen LogP contribution < -0.4 is 0 Å². The molecule has 0 aliphatic heterocycles. The van der Waals surface area contributed by atoms with E-state index in [1.54, 1.807) is 6.07 Å². The number of hydrogen-bond donors (Lipinski definition) is 2. The third-order valence-electron chi connectivity index (χ3n) is 11.5. The Labute approximate surface area is 270 Å². The van der Waals surface area contributed by atoms with Crippen LogP contribution in [0.1, 0.15) is 106 Å². The Morgan fingerprint density at radius 3 is 1.88 bits per heavy atom. The number of phenolic OH excluding ortho intramolecular Hbond substituents is 2. The summed E-state index contributed by atoms with van der Waals surface area (Å²) in [4.78, 5) is 0. The molecule has 2 aromatic rings. The smallest absolute Gasteiger partial charge is 0.115 e. The van der Waals surface area contributed by atoms with Gasteiger partial charge in [0, 0.05) is 15.5 Å². The predicted octanol–water partition coefficient (Wildman–Crippen LogP) is 11.5. The van der Waals surface area contributed by atoms with Crippen molar-refractivity contribution in [1.82, 2.24) is 0 Å². The van der Waals surface area contributed by atoms with E-state index in [9.17, 15) is 10.2 Å². The molecule has 1 spiro atoms. The highest BCUT2D eigenvalue weighted by atomic mass is 35.5. The van der Waals surface area contributed by atoms with Crippen LogP contribution in [0.3, 0.4) is 0 Å². The van der Waals surface area contributed by atoms with Gasteiger partial charge in [-0.05, 0) is 140 Å². The second-order valence-electron chi connectivity index (χ2n) is 14.1. The molecule has 2 fully saturated rings. The Balaban J connectivity index is 0.000000162. The van der Waals surface area contributed by atoms with E-state index < -0.39 is 0 Å². The van der Waals surface area contributed by atoms with Gasteiger partial charge in [0.15, 0.2) is 0 Å². The molecule has 42 heavy (non-hydrogen) atoms. The third-order valence-corrected chi connectivity index (χ3v) is 13.5. The van der Waals surface area contributed by atoms with E-state index in [1.165, 1.54) is 47.1 Å². The van der Waals surface area contributed by atoms with Gasteiger partial charge < -0.3 is 10.2 Å². The largest absolute Gasteiger partial charge is 0.508 e. The minimum absolute atomic E-state index is 0.231. The Morgan fingerprint density at radius 1 is 0.714 bits per heavy atom. The summed E-state index contributed by atoms with van der Waals surface area (Å²) in [5.74, 6) is 1.74. The Hall–Kier alpha value is -1.58. The average Bonchev–Trinajstić information content (AvgIpc) is 2.96. The highest BCUT2D eigenvalue weighted by molar-refractivity contribution is 6.51. The van der Waals surface area contributed by atoms with Crippen molar-refractivity contribution < 1.29 is 10.2 Å². The van der Waals surface area contributed by atoms with Gasteiger partial charge in [0.25, 0.3) is 0 Å². The fraction of sp³-hybridized carbons (Fsp3) is 0.500. The lowest BCUT2D eigenvalue weighted by Gasteiger charge is -2.54. The second kappa shape index (κ2) is 11.1.